The van der Waals surface area contributed by atoms with Crippen molar-refractivity contribution in [2.75, 3.05) is 0 Å². The number of hydrogen-bond acceptors (Lipinski definition) is 1. The molecule has 0 unspecified atom stereocenters. The molecular formula is C12H18N2. The van der Waals surface area contributed by atoms with Crippen LogP contribution in [-0.2, 0) is 6.42 Å². The first-order chi connectivity index (χ1) is 6.81. The summed E-state index contributed by atoms with van der Waals surface area (Å²) in [6.07, 6.45) is 2.82. The summed E-state index contributed by atoms with van der Waals surface area (Å²) in [7, 11) is 0. The Morgan fingerprint density at radius 3 is 2.64 bits per heavy atom. The SMILES string of the molecule is CC.CCc1cc2nc[nH]c2cc1C. The average Bonchev–Trinajstić information content (AvgIpc) is 2.66. The van der Waals surface area contributed by atoms with E-state index >= 15 is 0 Å². The van der Waals surface area contributed by atoms with Crippen LogP contribution in [0.4, 0.5) is 0 Å². The van der Waals surface area contributed by atoms with E-state index in [4.69, 9.17) is 0 Å². The van der Waals surface area contributed by atoms with E-state index in [1.54, 1.807) is 6.33 Å². The van der Waals surface area contributed by atoms with E-state index in [0.29, 0.717) is 0 Å². The summed E-state index contributed by atoms with van der Waals surface area (Å²) in [5.41, 5.74) is 4.92. The number of rotatable bonds is 1. The number of benzene rings is 1. The van der Waals surface area contributed by atoms with Crippen molar-refractivity contribution in [2.45, 2.75) is 34.1 Å². The lowest BCUT2D eigenvalue weighted by Crippen LogP contribution is -1.85. The van der Waals surface area contributed by atoms with E-state index in [2.05, 4.69) is 35.9 Å². The Balaban J connectivity index is 0.000000461. The fourth-order valence-electron chi connectivity index (χ4n) is 1.51. The lowest BCUT2D eigenvalue weighted by atomic mass is 10.1. The molecule has 0 aliphatic heterocycles. The highest BCUT2D eigenvalue weighted by Crippen LogP contribution is 2.16. The maximum absolute atomic E-state index is 4.21. The van der Waals surface area contributed by atoms with Crippen LogP contribution in [0.5, 0.6) is 0 Å². The zero-order chi connectivity index (χ0) is 10.6. The third-order valence-corrected chi connectivity index (χ3v) is 2.26. The van der Waals surface area contributed by atoms with Gasteiger partial charge >= 0.3 is 0 Å². The van der Waals surface area contributed by atoms with Crippen LogP contribution in [0.2, 0.25) is 0 Å². The normalized spacial score (nSPS) is 9.71. The molecule has 0 aliphatic rings. The van der Waals surface area contributed by atoms with E-state index in [9.17, 15) is 0 Å². The molecule has 2 heteroatoms. The standard InChI is InChI=1S/C10H12N2.C2H6/c1-3-8-5-10-9(4-7(8)2)11-6-12-10;1-2/h4-6H,3H2,1-2H3,(H,11,12);1-2H3. The van der Waals surface area contributed by atoms with Crippen LogP contribution in [0.3, 0.4) is 0 Å². The van der Waals surface area contributed by atoms with Crippen molar-refractivity contribution in [3.8, 4) is 0 Å². The van der Waals surface area contributed by atoms with Crippen LogP contribution in [0.1, 0.15) is 31.9 Å². The monoisotopic (exact) mass is 190 g/mol. The highest BCUT2D eigenvalue weighted by Gasteiger charge is 2.00. The largest absolute Gasteiger partial charge is 0.345 e. The number of nitrogens with one attached hydrogen (secondary N) is 1. The average molecular weight is 190 g/mol. The van der Waals surface area contributed by atoms with Gasteiger partial charge in [0.15, 0.2) is 0 Å². The molecule has 0 radical (unpaired) electrons. The number of fused-ring (bicyclic) bond motifs is 1. The van der Waals surface area contributed by atoms with Gasteiger partial charge in [-0.25, -0.2) is 4.98 Å². The second-order valence-electron chi connectivity index (χ2n) is 3.05. The van der Waals surface area contributed by atoms with Gasteiger partial charge in [-0.3, -0.25) is 0 Å². The zero-order valence-corrected chi connectivity index (χ0v) is 9.39. The summed E-state index contributed by atoms with van der Waals surface area (Å²) >= 11 is 0. The number of imidazole rings is 1. The molecule has 2 aromatic rings. The second-order valence-corrected chi connectivity index (χ2v) is 3.05. The van der Waals surface area contributed by atoms with Gasteiger partial charge in [-0.2, -0.15) is 0 Å². The summed E-state index contributed by atoms with van der Waals surface area (Å²) in [6, 6.07) is 4.31. The Kier molecular flexibility index (Phi) is 3.69. The minimum absolute atomic E-state index is 1.07. The Labute approximate surface area is 85.4 Å². The number of aryl methyl sites for hydroxylation is 2. The lowest BCUT2D eigenvalue weighted by molar-refractivity contribution is 1.11. The first-order valence-corrected chi connectivity index (χ1v) is 5.24. The third-order valence-electron chi connectivity index (χ3n) is 2.26. The fraction of sp³-hybridized carbons (Fsp3) is 0.417. The smallest absolute Gasteiger partial charge is 0.0931 e. The van der Waals surface area contributed by atoms with Crippen LogP contribution in [0.25, 0.3) is 11.0 Å². The van der Waals surface area contributed by atoms with E-state index in [1.165, 1.54) is 11.1 Å². The first kappa shape index (κ1) is 10.8. The molecule has 76 valence electrons. The van der Waals surface area contributed by atoms with Gasteiger partial charge in [-0.1, -0.05) is 20.8 Å². The van der Waals surface area contributed by atoms with Crippen LogP contribution < -0.4 is 0 Å². The summed E-state index contributed by atoms with van der Waals surface area (Å²) in [5.74, 6) is 0. The van der Waals surface area contributed by atoms with Gasteiger partial charge in [0, 0.05) is 0 Å². The number of hydrogen-bond donors (Lipinski definition) is 1. The molecule has 1 heterocycles. The van der Waals surface area contributed by atoms with Crippen LogP contribution >= 0.6 is 0 Å². The Morgan fingerprint density at radius 1 is 1.29 bits per heavy atom. The Morgan fingerprint density at radius 2 is 2.00 bits per heavy atom. The number of H-pyrrole nitrogens is 1. The Bertz CT molecular complexity index is 402. The lowest BCUT2D eigenvalue weighted by Gasteiger charge is -2.01. The van der Waals surface area contributed by atoms with Crippen LogP contribution in [-0.4, -0.2) is 9.97 Å². The minimum Gasteiger partial charge on any atom is -0.345 e. The highest BCUT2D eigenvalue weighted by molar-refractivity contribution is 5.76. The minimum atomic E-state index is 1.07. The molecule has 2 nitrogen and oxygen atoms in total. The second kappa shape index (κ2) is 4.80. The van der Waals surface area contributed by atoms with Gasteiger partial charge < -0.3 is 4.98 Å². The van der Waals surface area contributed by atoms with E-state index in [0.717, 1.165) is 17.5 Å². The molecule has 2 rings (SSSR count). The molecule has 0 saturated carbocycles. The first-order valence-electron chi connectivity index (χ1n) is 5.24. The van der Waals surface area contributed by atoms with E-state index < -0.39 is 0 Å². The molecule has 0 atom stereocenters. The maximum Gasteiger partial charge on any atom is 0.0931 e. The molecule has 1 aromatic carbocycles. The van der Waals surface area contributed by atoms with Crippen molar-refractivity contribution in [2.24, 2.45) is 0 Å². The topological polar surface area (TPSA) is 28.7 Å². The molecular weight excluding hydrogens is 172 g/mol. The van der Waals surface area contributed by atoms with Crippen molar-refractivity contribution >= 4 is 11.0 Å². The predicted molar refractivity (Wildman–Crippen MR) is 61.6 cm³/mol. The van der Waals surface area contributed by atoms with E-state index in [-0.39, 0.29) is 0 Å². The Hall–Kier alpha value is -1.31. The molecule has 1 aromatic heterocycles. The molecule has 0 saturated heterocycles. The van der Waals surface area contributed by atoms with Crippen molar-refractivity contribution in [3.05, 3.63) is 29.6 Å². The fourth-order valence-corrected chi connectivity index (χ4v) is 1.51. The summed E-state index contributed by atoms with van der Waals surface area (Å²) in [4.78, 5) is 7.31. The molecule has 0 bridgehead atoms. The molecule has 0 aliphatic carbocycles. The van der Waals surface area contributed by atoms with Gasteiger partial charge in [-0.05, 0) is 36.6 Å². The van der Waals surface area contributed by atoms with Crippen molar-refractivity contribution in [3.63, 3.8) is 0 Å². The molecule has 1 N–H and O–H groups in total. The number of aromatic amines is 1. The summed E-state index contributed by atoms with van der Waals surface area (Å²) in [5, 5.41) is 0. The van der Waals surface area contributed by atoms with Crippen molar-refractivity contribution < 1.29 is 0 Å². The van der Waals surface area contributed by atoms with E-state index in [1.807, 2.05) is 13.8 Å². The molecule has 0 amide bonds. The van der Waals surface area contributed by atoms with Crippen LogP contribution in [0, 0.1) is 6.92 Å². The zero-order valence-electron chi connectivity index (χ0n) is 9.39. The summed E-state index contributed by atoms with van der Waals surface area (Å²) in [6.45, 7) is 8.31. The highest BCUT2D eigenvalue weighted by atomic mass is 14.9. The van der Waals surface area contributed by atoms with Gasteiger partial charge in [0.1, 0.15) is 0 Å². The quantitative estimate of drug-likeness (QED) is 0.733. The number of aromatic nitrogens is 2. The van der Waals surface area contributed by atoms with Gasteiger partial charge in [-0.15, -0.1) is 0 Å². The van der Waals surface area contributed by atoms with Gasteiger partial charge in [0.25, 0.3) is 0 Å². The molecule has 0 spiro atoms. The van der Waals surface area contributed by atoms with Crippen molar-refractivity contribution in [1.29, 1.82) is 0 Å². The summed E-state index contributed by atoms with van der Waals surface area (Å²) < 4.78 is 0. The molecule has 0 fully saturated rings. The predicted octanol–water partition coefficient (Wildman–Crippen LogP) is 3.46. The van der Waals surface area contributed by atoms with Gasteiger partial charge in [0.05, 0.1) is 17.4 Å². The van der Waals surface area contributed by atoms with Crippen molar-refractivity contribution in [1.82, 2.24) is 9.97 Å². The van der Waals surface area contributed by atoms with Gasteiger partial charge in [0.2, 0.25) is 0 Å². The van der Waals surface area contributed by atoms with Crippen LogP contribution in [0.15, 0.2) is 18.5 Å². The maximum atomic E-state index is 4.21. The third kappa shape index (κ3) is 1.95. The molecule has 14 heavy (non-hydrogen) atoms. The number of nitrogens with zero attached hydrogens (tertiary/aromatic N) is 1.